The molecule has 3 N–H and O–H groups in total. The molecule has 150 valence electrons. The maximum absolute atomic E-state index is 6.00. The van der Waals surface area contributed by atoms with E-state index in [1.807, 2.05) is 17.8 Å². The van der Waals surface area contributed by atoms with Crippen LogP contribution in [-0.2, 0) is 5.75 Å². The SMILES string of the molecule is C=C(N)C(NC(=C)[C@@H](C)CSCc1ccc(-c2ccccc2)cc1)C(C)(C)C. The molecule has 0 fully saturated rings. The summed E-state index contributed by atoms with van der Waals surface area (Å²) in [7, 11) is 0. The van der Waals surface area contributed by atoms with E-state index < -0.39 is 0 Å². The van der Waals surface area contributed by atoms with Gasteiger partial charge in [-0.2, -0.15) is 11.8 Å². The minimum atomic E-state index is 0.00212. The minimum absolute atomic E-state index is 0.00212. The number of allylic oxidation sites excluding steroid dienone is 1. The number of hydrogen-bond donors (Lipinski definition) is 2. The van der Waals surface area contributed by atoms with Gasteiger partial charge in [0, 0.05) is 28.8 Å². The monoisotopic (exact) mass is 394 g/mol. The lowest BCUT2D eigenvalue weighted by Gasteiger charge is -2.34. The van der Waals surface area contributed by atoms with Crippen molar-refractivity contribution >= 4 is 11.8 Å². The van der Waals surface area contributed by atoms with E-state index in [4.69, 9.17) is 5.73 Å². The Morgan fingerprint density at radius 1 is 1.00 bits per heavy atom. The van der Waals surface area contributed by atoms with Crippen LogP contribution in [0.1, 0.15) is 33.3 Å². The van der Waals surface area contributed by atoms with Crippen molar-refractivity contribution in [3.05, 3.63) is 84.7 Å². The number of benzene rings is 2. The molecule has 0 radical (unpaired) electrons. The number of thioether (sulfide) groups is 1. The van der Waals surface area contributed by atoms with Crippen LogP contribution in [0, 0.1) is 11.3 Å². The Bertz CT molecular complexity index is 772. The van der Waals surface area contributed by atoms with Crippen molar-refractivity contribution in [2.24, 2.45) is 17.1 Å². The average Bonchev–Trinajstić information content (AvgIpc) is 2.65. The number of rotatable bonds is 9. The summed E-state index contributed by atoms with van der Waals surface area (Å²) in [5.74, 6) is 2.37. The van der Waals surface area contributed by atoms with Crippen LogP contribution in [0.25, 0.3) is 11.1 Å². The molecule has 1 unspecified atom stereocenters. The molecule has 0 aromatic heterocycles. The first-order chi connectivity index (χ1) is 13.2. The predicted octanol–water partition coefficient (Wildman–Crippen LogP) is 6.21. The lowest BCUT2D eigenvalue weighted by atomic mass is 9.84. The molecule has 2 atom stereocenters. The molecule has 0 amide bonds. The van der Waals surface area contributed by atoms with E-state index in [0.29, 0.717) is 11.6 Å². The molecule has 0 aliphatic carbocycles. The molecule has 2 nitrogen and oxygen atoms in total. The fraction of sp³-hybridized carbons (Fsp3) is 0.360. The highest BCUT2D eigenvalue weighted by Gasteiger charge is 2.27. The fourth-order valence-corrected chi connectivity index (χ4v) is 4.17. The van der Waals surface area contributed by atoms with Crippen molar-refractivity contribution in [2.45, 2.75) is 39.5 Å². The Labute approximate surface area is 175 Å². The molecule has 0 saturated heterocycles. The van der Waals surface area contributed by atoms with Crippen molar-refractivity contribution in [1.82, 2.24) is 5.32 Å². The second-order valence-electron chi connectivity index (χ2n) is 8.52. The van der Waals surface area contributed by atoms with Gasteiger partial charge in [0.15, 0.2) is 0 Å². The smallest absolute Gasteiger partial charge is 0.0696 e. The molecule has 2 rings (SSSR count). The van der Waals surface area contributed by atoms with Crippen molar-refractivity contribution in [2.75, 3.05) is 5.75 Å². The summed E-state index contributed by atoms with van der Waals surface area (Å²) in [4.78, 5) is 0. The number of nitrogens with one attached hydrogen (secondary N) is 1. The quantitative estimate of drug-likeness (QED) is 0.531. The van der Waals surface area contributed by atoms with Gasteiger partial charge in [0.05, 0.1) is 6.04 Å². The van der Waals surface area contributed by atoms with E-state index in [2.05, 4.69) is 94.7 Å². The molecule has 0 heterocycles. The summed E-state index contributed by atoms with van der Waals surface area (Å²) in [5, 5.41) is 3.50. The molecule has 3 heteroatoms. The highest BCUT2D eigenvalue weighted by molar-refractivity contribution is 7.98. The zero-order valence-corrected chi connectivity index (χ0v) is 18.5. The predicted molar refractivity (Wildman–Crippen MR) is 126 cm³/mol. The Kier molecular flexibility index (Phi) is 7.82. The first kappa shape index (κ1) is 22.2. The van der Waals surface area contributed by atoms with E-state index in [1.54, 1.807) is 0 Å². The van der Waals surface area contributed by atoms with Crippen LogP contribution in [0.15, 0.2) is 79.1 Å². The highest BCUT2D eigenvalue weighted by Crippen LogP contribution is 2.26. The molecule has 2 aromatic carbocycles. The first-order valence-electron chi connectivity index (χ1n) is 9.80. The van der Waals surface area contributed by atoms with Gasteiger partial charge in [-0.25, -0.2) is 0 Å². The molecule has 0 aliphatic rings. The molecule has 2 aromatic rings. The molecule has 0 bridgehead atoms. The maximum atomic E-state index is 6.00. The van der Waals surface area contributed by atoms with Gasteiger partial charge >= 0.3 is 0 Å². The number of nitrogens with two attached hydrogens (primary N) is 1. The normalized spacial score (nSPS) is 13.6. The molecular formula is C25H34N2S. The second-order valence-corrected chi connectivity index (χ2v) is 9.55. The van der Waals surface area contributed by atoms with E-state index in [-0.39, 0.29) is 11.5 Å². The summed E-state index contributed by atoms with van der Waals surface area (Å²) in [6, 6.07) is 19.4. The van der Waals surface area contributed by atoms with Crippen LogP contribution in [0.4, 0.5) is 0 Å². The average molecular weight is 395 g/mol. The molecule has 0 aliphatic heterocycles. The topological polar surface area (TPSA) is 38.0 Å². The van der Waals surface area contributed by atoms with Gasteiger partial charge in [0.1, 0.15) is 0 Å². The van der Waals surface area contributed by atoms with Gasteiger partial charge in [-0.05, 0) is 22.1 Å². The van der Waals surface area contributed by atoms with Crippen LogP contribution in [0.2, 0.25) is 0 Å². The summed E-state index contributed by atoms with van der Waals surface area (Å²) in [5.41, 5.74) is 11.5. The summed E-state index contributed by atoms with van der Waals surface area (Å²) in [6.07, 6.45) is 0. The zero-order valence-electron chi connectivity index (χ0n) is 17.7. The van der Waals surface area contributed by atoms with Crippen molar-refractivity contribution in [3.63, 3.8) is 0 Å². The van der Waals surface area contributed by atoms with Crippen LogP contribution >= 0.6 is 11.8 Å². The fourth-order valence-electron chi connectivity index (χ4n) is 3.07. The second kappa shape index (κ2) is 9.88. The van der Waals surface area contributed by atoms with E-state index >= 15 is 0 Å². The molecule has 0 spiro atoms. The van der Waals surface area contributed by atoms with Crippen molar-refractivity contribution in [3.8, 4) is 11.1 Å². The van der Waals surface area contributed by atoms with E-state index in [9.17, 15) is 0 Å². The van der Waals surface area contributed by atoms with Gasteiger partial charge in [0.25, 0.3) is 0 Å². The third kappa shape index (κ3) is 6.49. The molecule has 28 heavy (non-hydrogen) atoms. The third-order valence-corrected chi connectivity index (χ3v) is 6.13. The van der Waals surface area contributed by atoms with E-state index in [0.717, 1.165) is 17.2 Å². The Hall–Kier alpha value is -2.13. The lowest BCUT2D eigenvalue weighted by molar-refractivity contribution is 0.310. The van der Waals surface area contributed by atoms with Gasteiger partial charge in [-0.1, -0.05) is 95.5 Å². The van der Waals surface area contributed by atoms with Crippen molar-refractivity contribution < 1.29 is 0 Å². The molecular weight excluding hydrogens is 360 g/mol. The standard InChI is InChI=1S/C25H34N2S/c1-18(20(3)27-24(19(2)26)25(4,5)6)16-28-17-21-12-14-23(15-13-21)22-10-8-7-9-11-22/h7-15,18,24,27H,2-3,16-17,26H2,1,4-6H3/t18-,24?/m0/s1. The third-order valence-electron chi connectivity index (χ3n) is 4.86. The summed E-state index contributed by atoms with van der Waals surface area (Å²) in [6.45, 7) is 16.9. The first-order valence-corrected chi connectivity index (χ1v) is 11.0. The highest BCUT2D eigenvalue weighted by atomic mass is 32.2. The molecule has 0 saturated carbocycles. The number of hydrogen-bond acceptors (Lipinski definition) is 3. The van der Waals surface area contributed by atoms with Crippen LogP contribution in [-0.4, -0.2) is 11.8 Å². The van der Waals surface area contributed by atoms with Gasteiger partial charge in [-0.3, -0.25) is 0 Å². The Morgan fingerprint density at radius 3 is 2.11 bits per heavy atom. The zero-order chi connectivity index (χ0) is 20.7. The minimum Gasteiger partial charge on any atom is -0.401 e. The van der Waals surface area contributed by atoms with Crippen LogP contribution in [0.5, 0.6) is 0 Å². The van der Waals surface area contributed by atoms with Gasteiger partial charge in [0.2, 0.25) is 0 Å². The van der Waals surface area contributed by atoms with Crippen LogP contribution < -0.4 is 11.1 Å². The Balaban J connectivity index is 1.83. The van der Waals surface area contributed by atoms with Gasteiger partial charge < -0.3 is 11.1 Å². The van der Waals surface area contributed by atoms with Crippen molar-refractivity contribution in [1.29, 1.82) is 0 Å². The summed E-state index contributed by atoms with van der Waals surface area (Å²) >= 11 is 1.93. The van der Waals surface area contributed by atoms with Gasteiger partial charge in [-0.15, -0.1) is 0 Å². The van der Waals surface area contributed by atoms with E-state index in [1.165, 1.54) is 16.7 Å². The Morgan fingerprint density at radius 2 is 1.57 bits per heavy atom. The van der Waals surface area contributed by atoms with Crippen LogP contribution in [0.3, 0.4) is 0 Å². The largest absolute Gasteiger partial charge is 0.401 e. The lowest BCUT2D eigenvalue weighted by Crippen LogP contribution is -2.44. The maximum Gasteiger partial charge on any atom is 0.0696 e. The summed E-state index contributed by atoms with van der Waals surface area (Å²) < 4.78 is 0.